The van der Waals surface area contributed by atoms with Gasteiger partial charge in [0.05, 0.1) is 6.61 Å². The molecule has 0 amide bonds. The van der Waals surface area contributed by atoms with Gasteiger partial charge in [-0.1, -0.05) is 45.4 Å². The quantitative estimate of drug-likeness (QED) is 0.344. The molecule has 3 heteroatoms. The number of unbranched alkanes of at least 4 members (excludes halogenated alkanes) is 6. The minimum Gasteiger partial charge on any atom is -0.465 e. The zero-order chi connectivity index (χ0) is 11.5. The van der Waals surface area contributed by atoms with Crippen molar-refractivity contribution in [2.45, 2.75) is 64.2 Å². The Morgan fingerprint density at radius 3 is 2.20 bits per heavy atom. The molecule has 0 aliphatic heterocycles. The number of hydrogen-bond acceptors (Lipinski definition) is 2. The second kappa shape index (κ2) is 10.3. The van der Waals surface area contributed by atoms with Crippen molar-refractivity contribution >= 4 is 17.6 Å². The van der Waals surface area contributed by atoms with Crippen LogP contribution < -0.4 is 0 Å². The number of hydrogen-bond donors (Lipinski definition) is 0. The smallest absolute Gasteiger partial charge is 0.323 e. The van der Waals surface area contributed by atoms with Gasteiger partial charge in [0.1, 0.15) is 5.38 Å². The Bertz CT molecular complexity index is 158. The normalized spacial score (nSPS) is 12.5. The van der Waals surface area contributed by atoms with Crippen LogP contribution in [0.25, 0.3) is 0 Å². The highest BCUT2D eigenvalue weighted by atomic mass is 35.5. The van der Waals surface area contributed by atoms with Crippen molar-refractivity contribution < 1.29 is 9.53 Å². The zero-order valence-corrected chi connectivity index (χ0v) is 10.7. The lowest BCUT2D eigenvalue weighted by molar-refractivity contribution is -0.142. The minimum atomic E-state index is -0.519. The molecule has 0 saturated carbocycles. The summed E-state index contributed by atoms with van der Waals surface area (Å²) in [6.45, 7) is 4.37. The standard InChI is InChI=1S/C12H23ClO2/c1-3-4-5-6-7-8-9-10-15-12(14)11(2)13/h11H,3-10H2,1-2H3. The Hall–Kier alpha value is -0.240. The van der Waals surface area contributed by atoms with Crippen molar-refractivity contribution in [3.8, 4) is 0 Å². The molecule has 0 radical (unpaired) electrons. The monoisotopic (exact) mass is 234 g/mol. The van der Waals surface area contributed by atoms with Gasteiger partial charge in [0, 0.05) is 0 Å². The summed E-state index contributed by atoms with van der Waals surface area (Å²) in [5, 5.41) is -0.519. The van der Waals surface area contributed by atoms with E-state index in [1.807, 2.05) is 0 Å². The lowest BCUT2D eigenvalue weighted by Crippen LogP contribution is -2.14. The molecule has 0 aromatic carbocycles. The molecule has 90 valence electrons. The highest BCUT2D eigenvalue weighted by Crippen LogP contribution is 2.07. The fourth-order valence-electron chi connectivity index (χ4n) is 1.35. The first-order chi connectivity index (χ1) is 7.18. The Balaban J connectivity index is 3.08. The maximum atomic E-state index is 11.0. The average Bonchev–Trinajstić information content (AvgIpc) is 2.21. The fourth-order valence-corrected chi connectivity index (χ4v) is 1.41. The van der Waals surface area contributed by atoms with E-state index < -0.39 is 5.38 Å². The van der Waals surface area contributed by atoms with E-state index in [9.17, 15) is 4.79 Å². The Labute approximate surface area is 98.3 Å². The van der Waals surface area contributed by atoms with E-state index in [0.29, 0.717) is 6.61 Å². The van der Waals surface area contributed by atoms with Gasteiger partial charge < -0.3 is 4.74 Å². The minimum absolute atomic E-state index is 0.303. The number of carbonyl (C=O) groups is 1. The second-order valence-corrected chi connectivity index (χ2v) is 4.56. The predicted octanol–water partition coefficient (Wildman–Crippen LogP) is 3.91. The summed E-state index contributed by atoms with van der Waals surface area (Å²) in [5.74, 6) is -0.303. The molecule has 0 aliphatic rings. The van der Waals surface area contributed by atoms with Gasteiger partial charge in [0.15, 0.2) is 0 Å². The maximum absolute atomic E-state index is 11.0. The van der Waals surface area contributed by atoms with Gasteiger partial charge in [-0.15, -0.1) is 11.6 Å². The predicted molar refractivity (Wildman–Crippen MR) is 64.3 cm³/mol. The van der Waals surface area contributed by atoms with Crippen LogP contribution in [0.4, 0.5) is 0 Å². The molecule has 0 saturated heterocycles. The number of alkyl halides is 1. The highest BCUT2D eigenvalue weighted by molar-refractivity contribution is 6.29. The maximum Gasteiger partial charge on any atom is 0.323 e. The molecule has 1 unspecified atom stereocenters. The molecule has 0 heterocycles. The van der Waals surface area contributed by atoms with E-state index in [4.69, 9.17) is 16.3 Å². The molecule has 0 spiro atoms. The molecule has 15 heavy (non-hydrogen) atoms. The van der Waals surface area contributed by atoms with Crippen molar-refractivity contribution in [1.29, 1.82) is 0 Å². The molecule has 0 bridgehead atoms. The molecule has 1 atom stereocenters. The molecular formula is C12H23ClO2. The second-order valence-electron chi connectivity index (χ2n) is 3.90. The molecule has 0 rings (SSSR count). The van der Waals surface area contributed by atoms with E-state index in [1.165, 1.54) is 32.1 Å². The summed E-state index contributed by atoms with van der Waals surface area (Å²) in [4.78, 5) is 11.0. The number of esters is 1. The van der Waals surface area contributed by atoms with Crippen molar-refractivity contribution in [1.82, 2.24) is 0 Å². The van der Waals surface area contributed by atoms with Crippen LogP contribution in [-0.4, -0.2) is 18.0 Å². The van der Waals surface area contributed by atoms with Crippen LogP contribution in [-0.2, 0) is 9.53 Å². The highest BCUT2D eigenvalue weighted by Gasteiger charge is 2.09. The molecule has 0 aromatic rings. The lowest BCUT2D eigenvalue weighted by Gasteiger charge is -2.05. The Morgan fingerprint density at radius 2 is 1.67 bits per heavy atom. The van der Waals surface area contributed by atoms with E-state index in [-0.39, 0.29) is 5.97 Å². The molecule has 0 aliphatic carbocycles. The summed E-state index contributed by atoms with van der Waals surface area (Å²) in [7, 11) is 0. The molecule has 2 nitrogen and oxygen atoms in total. The summed E-state index contributed by atoms with van der Waals surface area (Å²) < 4.78 is 4.96. The molecule has 0 N–H and O–H groups in total. The van der Waals surface area contributed by atoms with Crippen LogP contribution in [0, 0.1) is 0 Å². The van der Waals surface area contributed by atoms with Crippen LogP contribution in [0.2, 0.25) is 0 Å². The van der Waals surface area contributed by atoms with Gasteiger partial charge in [0.25, 0.3) is 0 Å². The number of halogens is 1. The van der Waals surface area contributed by atoms with E-state index in [0.717, 1.165) is 12.8 Å². The fraction of sp³-hybridized carbons (Fsp3) is 0.917. The lowest BCUT2D eigenvalue weighted by atomic mass is 10.1. The van der Waals surface area contributed by atoms with E-state index in [2.05, 4.69) is 6.92 Å². The van der Waals surface area contributed by atoms with Crippen molar-refractivity contribution in [3.05, 3.63) is 0 Å². The van der Waals surface area contributed by atoms with Crippen LogP contribution in [0.5, 0.6) is 0 Å². The molecule has 0 aromatic heterocycles. The molecule has 0 fully saturated rings. The van der Waals surface area contributed by atoms with Crippen LogP contribution in [0.3, 0.4) is 0 Å². The van der Waals surface area contributed by atoms with Gasteiger partial charge in [-0.25, -0.2) is 0 Å². The topological polar surface area (TPSA) is 26.3 Å². The van der Waals surface area contributed by atoms with Gasteiger partial charge in [-0.2, -0.15) is 0 Å². The summed E-state index contributed by atoms with van der Waals surface area (Å²) >= 11 is 5.55. The van der Waals surface area contributed by atoms with E-state index in [1.54, 1.807) is 6.92 Å². The van der Waals surface area contributed by atoms with Crippen molar-refractivity contribution in [3.63, 3.8) is 0 Å². The molecular weight excluding hydrogens is 212 g/mol. The van der Waals surface area contributed by atoms with Crippen LogP contribution in [0.1, 0.15) is 58.8 Å². The van der Waals surface area contributed by atoms with Crippen LogP contribution in [0.15, 0.2) is 0 Å². The van der Waals surface area contributed by atoms with Gasteiger partial charge in [-0.3, -0.25) is 4.79 Å². The van der Waals surface area contributed by atoms with Gasteiger partial charge in [-0.05, 0) is 13.3 Å². The zero-order valence-electron chi connectivity index (χ0n) is 9.93. The van der Waals surface area contributed by atoms with Crippen LogP contribution >= 0.6 is 11.6 Å². The third kappa shape index (κ3) is 10.1. The van der Waals surface area contributed by atoms with Crippen molar-refractivity contribution in [2.75, 3.05) is 6.61 Å². The first kappa shape index (κ1) is 14.8. The van der Waals surface area contributed by atoms with Gasteiger partial charge in [0.2, 0.25) is 0 Å². The third-order valence-corrected chi connectivity index (χ3v) is 2.50. The average molecular weight is 235 g/mol. The number of rotatable bonds is 9. The SMILES string of the molecule is CCCCCCCCCOC(=O)C(C)Cl. The first-order valence-corrected chi connectivity index (χ1v) is 6.42. The van der Waals surface area contributed by atoms with Gasteiger partial charge >= 0.3 is 5.97 Å². The summed E-state index contributed by atoms with van der Waals surface area (Å²) in [6, 6.07) is 0. The Kier molecular flexibility index (Phi) is 10.1. The van der Waals surface area contributed by atoms with Crippen molar-refractivity contribution in [2.24, 2.45) is 0 Å². The Morgan fingerprint density at radius 1 is 1.13 bits per heavy atom. The summed E-state index contributed by atoms with van der Waals surface area (Å²) in [5.41, 5.74) is 0. The third-order valence-electron chi connectivity index (χ3n) is 2.32. The number of carbonyl (C=O) groups excluding carboxylic acids is 1. The number of ether oxygens (including phenoxy) is 1. The summed E-state index contributed by atoms with van der Waals surface area (Å²) in [6.07, 6.45) is 8.59. The first-order valence-electron chi connectivity index (χ1n) is 5.99. The largest absolute Gasteiger partial charge is 0.465 e. The van der Waals surface area contributed by atoms with E-state index >= 15 is 0 Å².